The molecule has 5 rings (SSSR count). The molecule has 4 aromatic rings. The average Bonchev–Trinajstić information content (AvgIpc) is 3.57. The standard InChI is InChI=1S/C30H36BrFN6O4S/c1-20(2)18-42-30(39)29-28(25-15-24(32)7-8-26(25)34-29)27-17-38(36-35-27)16-21-9-12-37(13-10-21)14-11-33-43(40,41)19-22-3-5-23(31)6-4-22/h3-8,15,17,20-21,33-34H,9-14,16,18-19H2,1-2H3. The number of fused-ring (bicyclic) bond motifs is 1. The molecule has 13 heteroatoms. The number of aromatic amines is 1. The highest BCUT2D eigenvalue weighted by Crippen LogP contribution is 2.32. The number of piperidine rings is 1. The Kier molecular flexibility index (Phi) is 9.95. The Morgan fingerprint density at radius 2 is 1.93 bits per heavy atom. The van der Waals surface area contributed by atoms with E-state index in [1.165, 1.54) is 12.1 Å². The van der Waals surface area contributed by atoms with Gasteiger partial charge < -0.3 is 14.6 Å². The first kappa shape index (κ1) is 31.3. The first-order valence-electron chi connectivity index (χ1n) is 14.4. The van der Waals surface area contributed by atoms with Gasteiger partial charge in [0.15, 0.2) is 0 Å². The third kappa shape index (κ3) is 8.28. The largest absolute Gasteiger partial charge is 0.461 e. The minimum absolute atomic E-state index is 0.0453. The van der Waals surface area contributed by atoms with E-state index in [4.69, 9.17) is 4.74 Å². The van der Waals surface area contributed by atoms with Gasteiger partial charge in [-0.2, -0.15) is 0 Å². The lowest BCUT2D eigenvalue weighted by Gasteiger charge is -2.31. The Hall–Kier alpha value is -3.13. The van der Waals surface area contributed by atoms with E-state index >= 15 is 0 Å². The number of carbonyl (C=O) groups is 1. The number of aromatic nitrogens is 4. The molecular formula is C30H36BrFN6O4S. The minimum atomic E-state index is -3.41. The molecule has 0 unspecified atom stereocenters. The molecule has 1 fully saturated rings. The number of carbonyl (C=O) groups excluding carboxylic acids is 1. The quantitative estimate of drug-likeness (QED) is 0.204. The molecule has 0 bridgehead atoms. The fraction of sp³-hybridized carbons (Fsp3) is 0.433. The molecule has 0 aliphatic carbocycles. The van der Waals surface area contributed by atoms with Gasteiger partial charge in [-0.3, -0.25) is 4.68 Å². The lowest BCUT2D eigenvalue weighted by atomic mass is 9.97. The maximum absolute atomic E-state index is 14.2. The van der Waals surface area contributed by atoms with E-state index in [1.807, 2.05) is 26.0 Å². The van der Waals surface area contributed by atoms with Crippen molar-refractivity contribution in [2.24, 2.45) is 11.8 Å². The van der Waals surface area contributed by atoms with Crippen LogP contribution in [0.3, 0.4) is 0 Å². The summed E-state index contributed by atoms with van der Waals surface area (Å²) in [5, 5.41) is 9.20. The maximum Gasteiger partial charge on any atom is 0.355 e. The molecule has 230 valence electrons. The van der Waals surface area contributed by atoms with E-state index in [2.05, 4.69) is 40.8 Å². The van der Waals surface area contributed by atoms with Crippen molar-refractivity contribution in [2.45, 2.75) is 39.0 Å². The van der Waals surface area contributed by atoms with Gasteiger partial charge in [0.05, 0.1) is 18.6 Å². The van der Waals surface area contributed by atoms with Crippen molar-refractivity contribution in [3.8, 4) is 11.3 Å². The van der Waals surface area contributed by atoms with E-state index in [-0.39, 0.29) is 24.0 Å². The molecule has 2 aromatic heterocycles. The number of halogens is 2. The van der Waals surface area contributed by atoms with Crippen LogP contribution < -0.4 is 4.72 Å². The lowest BCUT2D eigenvalue weighted by molar-refractivity contribution is 0.0454. The van der Waals surface area contributed by atoms with E-state index < -0.39 is 21.8 Å². The number of H-pyrrole nitrogens is 1. The second kappa shape index (κ2) is 13.7. The molecule has 43 heavy (non-hydrogen) atoms. The molecule has 1 aliphatic rings. The number of likely N-dealkylation sites (tertiary alicyclic amines) is 1. The molecule has 0 atom stereocenters. The van der Waals surface area contributed by atoms with Gasteiger partial charge in [-0.1, -0.05) is 47.1 Å². The first-order chi connectivity index (χ1) is 20.6. The molecule has 10 nitrogen and oxygen atoms in total. The monoisotopic (exact) mass is 674 g/mol. The van der Waals surface area contributed by atoms with E-state index in [0.29, 0.717) is 47.7 Å². The third-order valence-corrected chi connectivity index (χ3v) is 9.37. The molecule has 1 aliphatic heterocycles. The fourth-order valence-corrected chi connectivity index (χ4v) is 6.67. The van der Waals surface area contributed by atoms with Gasteiger partial charge in [0, 0.05) is 40.6 Å². The molecule has 0 spiro atoms. The average molecular weight is 676 g/mol. The summed E-state index contributed by atoms with van der Waals surface area (Å²) in [6, 6.07) is 11.6. The van der Waals surface area contributed by atoms with Crippen LogP contribution in [0, 0.1) is 17.7 Å². The van der Waals surface area contributed by atoms with Crippen molar-refractivity contribution in [2.75, 3.05) is 32.8 Å². The van der Waals surface area contributed by atoms with Crippen LogP contribution in [0.5, 0.6) is 0 Å². The van der Waals surface area contributed by atoms with Gasteiger partial charge >= 0.3 is 5.97 Å². The van der Waals surface area contributed by atoms with Crippen molar-refractivity contribution in [1.82, 2.24) is 29.6 Å². The number of rotatable bonds is 12. The predicted molar refractivity (Wildman–Crippen MR) is 166 cm³/mol. The van der Waals surface area contributed by atoms with Crippen LogP contribution in [-0.4, -0.2) is 72.1 Å². The number of benzene rings is 2. The number of hydrogen-bond donors (Lipinski definition) is 2. The van der Waals surface area contributed by atoms with Gasteiger partial charge in [0.1, 0.15) is 17.2 Å². The highest BCUT2D eigenvalue weighted by atomic mass is 79.9. The number of esters is 1. The lowest BCUT2D eigenvalue weighted by Crippen LogP contribution is -2.40. The number of ether oxygens (including phenoxy) is 1. The van der Waals surface area contributed by atoms with E-state index in [9.17, 15) is 17.6 Å². The molecule has 0 amide bonds. The Bertz CT molecular complexity index is 1660. The van der Waals surface area contributed by atoms with Crippen LogP contribution in [0.1, 0.15) is 42.7 Å². The summed E-state index contributed by atoms with van der Waals surface area (Å²) in [4.78, 5) is 18.3. The van der Waals surface area contributed by atoms with E-state index in [0.717, 1.165) is 36.0 Å². The Balaban J connectivity index is 1.16. The maximum atomic E-state index is 14.2. The summed E-state index contributed by atoms with van der Waals surface area (Å²) in [5.41, 5.74) is 2.54. The van der Waals surface area contributed by atoms with Crippen molar-refractivity contribution >= 4 is 42.8 Å². The van der Waals surface area contributed by atoms with Gasteiger partial charge in [0.2, 0.25) is 10.0 Å². The summed E-state index contributed by atoms with van der Waals surface area (Å²) in [5.74, 6) is -0.426. The SMILES string of the molecule is CC(C)COC(=O)c1[nH]c2ccc(F)cc2c1-c1cn(CC2CCN(CCNS(=O)(=O)Cc3ccc(Br)cc3)CC2)nn1. The zero-order valence-corrected chi connectivity index (χ0v) is 26.6. The van der Waals surface area contributed by atoms with Crippen LogP contribution in [0.4, 0.5) is 4.39 Å². The summed E-state index contributed by atoms with van der Waals surface area (Å²) >= 11 is 3.36. The highest BCUT2D eigenvalue weighted by molar-refractivity contribution is 9.10. The zero-order chi connectivity index (χ0) is 30.6. The smallest absolute Gasteiger partial charge is 0.355 e. The normalized spacial score (nSPS) is 15.0. The molecule has 3 heterocycles. The van der Waals surface area contributed by atoms with Crippen molar-refractivity contribution in [3.05, 3.63) is 70.2 Å². The van der Waals surface area contributed by atoms with Gasteiger partial charge in [-0.25, -0.2) is 22.3 Å². The van der Waals surface area contributed by atoms with Gasteiger partial charge in [-0.05, 0) is 73.7 Å². The number of hydrogen-bond acceptors (Lipinski definition) is 7. The van der Waals surface area contributed by atoms with Crippen molar-refractivity contribution in [1.29, 1.82) is 0 Å². The topological polar surface area (TPSA) is 122 Å². The van der Waals surface area contributed by atoms with Crippen LogP contribution in [0.2, 0.25) is 0 Å². The molecular weight excluding hydrogens is 639 g/mol. The zero-order valence-electron chi connectivity index (χ0n) is 24.2. The summed E-state index contributed by atoms with van der Waals surface area (Å²) in [6.45, 7) is 7.56. The highest BCUT2D eigenvalue weighted by Gasteiger charge is 2.25. The second-order valence-corrected chi connectivity index (χ2v) is 14.2. The summed E-state index contributed by atoms with van der Waals surface area (Å²) in [7, 11) is -3.41. The molecule has 0 radical (unpaired) electrons. The predicted octanol–water partition coefficient (Wildman–Crippen LogP) is 4.97. The van der Waals surface area contributed by atoms with Crippen LogP contribution in [-0.2, 0) is 27.1 Å². The van der Waals surface area contributed by atoms with E-state index in [1.54, 1.807) is 29.1 Å². The van der Waals surface area contributed by atoms with Crippen LogP contribution in [0.15, 0.2) is 53.1 Å². The molecule has 2 N–H and O–H groups in total. The molecule has 2 aromatic carbocycles. The Labute approximate surface area is 259 Å². The molecule has 0 saturated carbocycles. The minimum Gasteiger partial charge on any atom is -0.461 e. The third-order valence-electron chi connectivity index (χ3n) is 7.48. The number of sulfonamides is 1. The first-order valence-corrected chi connectivity index (χ1v) is 16.8. The Morgan fingerprint density at radius 3 is 2.65 bits per heavy atom. The summed E-state index contributed by atoms with van der Waals surface area (Å²) < 4.78 is 50.0. The Morgan fingerprint density at radius 1 is 1.19 bits per heavy atom. The van der Waals surface area contributed by atoms with Crippen molar-refractivity contribution in [3.63, 3.8) is 0 Å². The van der Waals surface area contributed by atoms with Gasteiger partial charge in [0.25, 0.3) is 0 Å². The fourth-order valence-electron chi connectivity index (χ4n) is 5.27. The number of nitrogens with one attached hydrogen (secondary N) is 2. The van der Waals surface area contributed by atoms with Crippen LogP contribution in [0.25, 0.3) is 22.2 Å². The summed E-state index contributed by atoms with van der Waals surface area (Å²) in [6.07, 6.45) is 3.66. The second-order valence-electron chi connectivity index (χ2n) is 11.4. The van der Waals surface area contributed by atoms with Crippen LogP contribution >= 0.6 is 15.9 Å². The van der Waals surface area contributed by atoms with Gasteiger partial charge in [-0.15, -0.1) is 5.10 Å². The number of nitrogens with zero attached hydrogens (tertiary/aromatic N) is 4. The van der Waals surface area contributed by atoms with Crippen molar-refractivity contribution < 1.29 is 22.3 Å². The molecule has 1 saturated heterocycles.